The predicted octanol–water partition coefficient (Wildman–Crippen LogP) is 5.56. The molecule has 0 aliphatic carbocycles. The molecule has 0 spiro atoms. The van der Waals surface area contributed by atoms with Gasteiger partial charge in [0.2, 0.25) is 0 Å². The second-order valence-corrected chi connectivity index (χ2v) is 8.78. The summed E-state index contributed by atoms with van der Waals surface area (Å²) in [5, 5.41) is 0. The Balaban J connectivity index is 2.19. The molecule has 1 atom stereocenters. The lowest BCUT2D eigenvalue weighted by Crippen LogP contribution is -2.39. The molecule has 0 radical (unpaired) electrons. The Morgan fingerprint density at radius 2 is 2.07 bits per heavy atom. The minimum Gasteiger partial charge on any atom is -0.443 e. The molecule has 1 aromatic heterocycles. The molecule has 1 amide bonds. The molecule has 0 saturated carbocycles. The lowest BCUT2D eigenvalue weighted by Gasteiger charge is -2.38. The molecule has 27 heavy (non-hydrogen) atoms. The van der Waals surface area contributed by atoms with Crippen LogP contribution in [-0.4, -0.2) is 40.7 Å². The zero-order chi connectivity index (χ0) is 20.0. The van der Waals surface area contributed by atoms with Crippen LogP contribution in [0.15, 0.2) is 18.3 Å². The fourth-order valence-electron chi connectivity index (χ4n) is 3.62. The summed E-state index contributed by atoms with van der Waals surface area (Å²) in [6.07, 6.45) is 7.27. The van der Waals surface area contributed by atoms with Crippen LogP contribution < -0.4 is 4.90 Å². The van der Waals surface area contributed by atoms with Crippen molar-refractivity contribution in [3.05, 3.63) is 23.9 Å². The zero-order valence-corrected chi connectivity index (χ0v) is 18.0. The molecule has 0 N–H and O–H groups in total. The van der Waals surface area contributed by atoms with E-state index in [1.807, 2.05) is 33.0 Å². The summed E-state index contributed by atoms with van der Waals surface area (Å²) in [4.78, 5) is 21.5. The fourth-order valence-corrected chi connectivity index (χ4v) is 3.62. The van der Waals surface area contributed by atoms with Crippen LogP contribution in [0.25, 0.3) is 0 Å². The summed E-state index contributed by atoms with van der Waals surface area (Å²) < 4.78 is 5.59. The van der Waals surface area contributed by atoms with Crippen LogP contribution >= 0.6 is 0 Å². The lowest BCUT2D eigenvalue weighted by atomic mass is 9.95. The van der Waals surface area contributed by atoms with Crippen LogP contribution in [0.5, 0.6) is 0 Å². The van der Waals surface area contributed by atoms with Gasteiger partial charge in [0.1, 0.15) is 11.4 Å². The Bertz CT molecular complexity index is 593. The molecule has 1 fully saturated rings. The Kier molecular flexibility index (Phi) is 7.66. The van der Waals surface area contributed by atoms with Gasteiger partial charge in [-0.15, -0.1) is 0 Å². The molecular weight excluding hydrogens is 338 g/mol. The fraction of sp³-hybridized carbons (Fsp3) is 0.727. The van der Waals surface area contributed by atoms with Gasteiger partial charge >= 0.3 is 6.09 Å². The van der Waals surface area contributed by atoms with Gasteiger partial charge in [0.25, 0.3) is 0 Å². The summed E-state index contributed by atoms with van der Waals surface area (Å²) in [6.45, 7) is 14.1. The molecule has 5 nitrogen and oxygen atoms in total. The van der Waals surface area contributed by atoms with Crippen LogP contribution in [0.3, 0.4) is 0 Å². The van der Waals surface area contributed by atoms with Gasteiger partial charge in [-0.2, -0.15) is 0 Å². The Morgan fingerprint density at radius 1 is 1.33 bits per heavy atom. The largest absolute Gasteiger partial charge is 0.443 e. The first-order valence-electron chi connectivity index (χ1n) is 10.4. The van der Waals surface area contributed by atoms with Crippen molar-refractivity contribution in [3.63, 3.8) is 0 Å². The monoisotopic (exact) mass is 375 g/mol. The lowest BCUT2D eigenvalue weighted by molar-refractivity contribution is 0.0578. The summed E-state index contributed by atoms with van der Waals surface area (Å²) in [7, 11) is 0. The highest BCUT2D eigenvalue weighted by Gasteiger charge is 2.27. The minimum atomic E-state index is -0.513. The van der Waals surface area contributed by atoms with Crippen molar-refractivity contribution in [3.8, 4) is 0 Å². The number of carbonyl (C=O) groups is 1. The van der Waals surface area contributed by atoms with Gasteiger partial charge in [-0.05, 0) is 72.1 Å². The number of carbonyl (C=O) groups excluding carboxylic acids is 1. The number of nitrogens with zero attached hydrogens (tertiary/aromatic N) is 3. The Labute approximate surface area is 165 Å². The maximum atomic E-state index is 12.6. The number of pyridine rings is 1. The number of likely N-dealkylation sites (tertiary alicyclic amines) is 1. The summed E-state index contributed by atoms with van der Waals surface area (Å²) in [5.74, 6) is 0.674. The van der Waals surface area contributed by atoms with Crippen molar-refractivity contribution in [1.82, 2.24) is 9.88 Å². The molecule has 1 aliphatic heterocycles. The van der Waals surface area contributed by atoms with Gasteiger partial charge < -0.3 is 4.74 Å². The number of piperidine rings is 1. The maximum Gasteiger partial charge on any atom is 0.416 e. The molecule has 2 heterocycles. The molecule has 1 aliphatic rings. The number of hydrogen-bond acceptors (Lipinski definition) is 4. The van der Waals surface area contributed by atoms with Crippen molar-refractivity contribution >= 4 is 11.9 Å². The average Bonchev–Trinajstić information content (AvgIpc) is 2.61. The van der Waals surface area contributed by atoms with Gasteiger partial charge in [-0.3, -0.25) is 9.80 Å². The van der Waals surface area contributed by atoms with Gasteiger partial charge in [-0.1, -0.05) is 25.8 Å². The molecule has 0 aromatic carbocycles. The van der Waals surface area contributed by atoms with Gasteiger partial charge in [0.15, 0.2) is 0 Å². The van der Waals surface area contributed by atoms with E-state index >= 15 is 0 Å². The third kappa shape index (κ3) is 6.20. The van der Waals surface area contributed by atoms with E-state index in [-0.39, 0.29) is 6.09 Å². The number of unbranched alkanes of at least 4 members (excludes halogenated alkanes) is 1. The van der Waals surface area contributed by atoms with Crippen molar-refractivity contribution in [2.75, 3.05) is 18.0 Å². The zero-order valence-electron chi connectivity index (χ0n) is 18.0. The number of hydrogen-bond donors (Lipinski definition) is 0. The number of rotatable bonds is 6. The second-order valence-electron chi connectivity index (χ2n) is 8.78. The first-order chi connectivity index (χ1) is 12.7. The first kappa shape index (κ1) is 21.7. The normalized spacial score (nSPS) is 18.6. The maximum absolute atomic E-state index is 12.6. The Hall–Kier alpha value is -1.62. The quantitative estimate of drug-likeness (QED) is 0.653. The van der Waals surface area contributed by atoms with Gasteiger partial charge in [0, 0.05) is 24.8 Å². The first-order valence-corrected chi connectivity index (χ1v) is 10.4. The predicted molar refractivity (Wildman–Crippen MR) is 111 cm³/mol. The highest BCUT2D eigenvalue weighted by Crippen LogP contribution is 2.32. The third-order valence-corrected chi connectivity index (χ3v) is 4.99. The number of ether oxygens (including phenoxy) is 1. The van der Waals surface area contributed by atoms with Crippen molar-refractivity contribution in [2.24, 2.45) is 0 Å². The van der Waals surface area contributed by atoms with Gasteiger partial charge in [-0.25, -0.2) is 9.78 Å². The van der Waals surface area contributed by atoms with E-state index in [1.54, 1.807) is 4.90 Å². The van der Waals surface area contributed by atoms with E-state index in [4.69, 9.17) is 4.74 Å². The van der Waals surface area contributed by atoms with E-state index in [2.05, 4.69) is 36.7 Å². The second kappa shape index (κ2) is 9.54. The van der Waals surface area contributed by atoms with Gasteiger partial charge in [0.05, 0.1) is 0 Å². The molecule has 5 heteroatoms. The average molecular weight is 376 g/mol. The highest BCUT2D eigenvalue weighted by atomic mass is 16.6. The van der Waals surface area contributed by atoms with Crippen LogP contribution in [0, 0.1) is 0 Å². The number of aromatic nitrogens is 1. The summed E-state index contributed by atoms with van der Waals surface area (Å²) >= 11 is 0. The number of anilines is 1. The molecule has 1 saturated heterocycles. The molecule has 152 valence electrons. The molecule has 1 aromatic rings. The van der Waals surface area contributed by atoms with E-state index in [9.17, 15) is 4.79 Å². The van der Waals surface area contributed by atoms with Crippen molar-refractivity contribution in [1.29, 1.82) is 0 Å². The minimum absolute atomic E-state index is 0.322. The van der Waals surface area contributed by atoms with E-state index in [0.29, 0.717) is 24.4 Å². The standard InChI is InChI=1S/C22H37N3O2/c1-7-8-14-25(21(26)27-22(4,5)6)20-13-12-18(16-23-20)19-11-9-10-15-24(19)17(2)3/h12-13,16-17,19H,7-11,14-15H2,1-6H3. The SMILES string of the molecule is CCCCN(C(=O)OC(C)(C)C)c1ccc(C2CCCCN2C(C)C)cn1. The van der Waals surface area contributed by atoms with Crippen molar-refractivity contribution < 1.29 is 9.53 Å². The van der Waals surface area contributed by atoms with Crippen LogP contribution in [-0.2, 0) is 4.74 Å². The van der Waals surface area contributed by atoms with E-state index in [1.165, 1.54) is 24.8 Å². The number of amides is 1. The smallest absolute Gasteiger partial charge is 0.416 e. The van der Waals surface area contributed by atoms with E-state index < -0.39 is 5.60 Å². The molecule has 1 unspecified atom stereocenters. The third-order valence-electron chi connectivity index (χ3n) is 4.99. The molecule has 2 rings (SSSR count). The molecule has 0 bridgehead atoms. The summed E-state index contributed by atoms with van der Waals surface area (Å²) in [5.41, 5.74) is 0.730. The molecular formula is C22H37N3O2. The Morgan fingerprint density at radius 3 is 2.63 bits per heavy atom. The van der Waals surface area contributed by atoms with Crippen LogP contribution in [0.2, 0.25) is 0 Å². The van der Waals surface area contributed by atoms with Crippen LogP contribution in [0.1, 0.15) is 85.3 Å². The van der Waals surface area contributed by atoms with E-state index in [0.717, 1.165) is 19.4 Å². The van der Waals surface area contributed by atoms with Crippen LogP contribution in [0.4, 0.5) is 10.6 Å². The highest BCUT2D eigenvalue weighted by molar-refractivity contribution is 5.86. The topological polar surface area (TPSA) is 45.7 Å². The van der Waals surface area contributed by atoms with Crippen molar-refractivity contribution in [2.45, 2.75) is 91.3 Å². The summed E-state index contributed by atoms with van der Waals surface area (Å²) in [6, 6.07) is 5.06.